The molecule has 3 aromatic heterocycles. The Morgan fingerprint density at radius 2 is 1.97 bits per heavy atom. The maximum atomic E-state index is 12.7. The summed E-state index contributed by atoms with van der Waals surface area (Å²) in [5.41, 5.74) is 3.96. The SMILES string of the molecule is Cc1csc([C@H](C#N)C(=O)CSc2nnc(-c3cc(-c4ccc(Cl)cc4)nc4ccccc34)o2)n1. The highest BCUT2D eigenvalue weighted by Gasteiger charge is 2.24. The molecular weight excluding hydrogens is 502 g/mol. The summed E-state index contributed by atoms with van der Waals surface area (Å²) >= 11 is 8.45. The van der Waals surface area contributed by atoms with Crippen molar-refractivity contribution in [2.45, 2.75) is 18.1 Å². The van der Waals surface area contributed by atoms with Crippen LogP contribution >= 0.6 is 34.7 Å². The molecule has 0 aliphatic rings. The number of aryl methyl sites for hydroxylation is 1. The van der Waals surface area contributed by atoms with E-state index in [0.717, 1.165) is 45.2 Å². The number of fused-ring (bicyclic) bond motifs is 1. The van der Waals surface area contributed by atoms with Crippen molar-refractivity contribution in [3.05, 3.63) is 75.7 Å². The van der Waals surface area contributed by atoms with Gasteiger partial charge in [-0.1, -0.05) is 53.7 Å². The number of thioether (sulfide) groups is 1. The van der Waals surface area contributed by atoms with Gasteiger partial charge in [0.15, 0.2) is 11.7 Å². The van der Waals surface area contributed by atoms with Gasteiger partial charge in [-0.05, 0) is 31.2 Å². The third-order valence-electron chi connectivity index (χ3n) is 5.17. The number of aromatic nitrogens is 4. The van der Waals surface area contributed by atoms with Crippen LogP contribution in [0.3, 0.4) is 0 Å². The Labute approximate surface area is 213 Å². The Hall–Kier alpha value is -3.58. The lowest BCUT2D eigenvalue weighted by Crippen LogP contribution is -2.13. The van der Waals surface area contributed by atoms with Crippen molar-refractivity contribution in [2.75, 3.05) is 5.75 Å². The number of halogens is 1. The van der Waals surface area contributed by atoms with Crippen molar-refractivity contribution in [1.29, 1.82) is 5.26 Å². The fourth-order valence-corrected chi connectivity index (χ4v) is 5.14. The Morgan fingerprint density at radius 3 is 2.71 bits per heavy atom. The Bertz CT molecular complexity index is 1570. The van der Waals surface area contributed by atoms with Gasteiger partial charge in [0.2, 0.25) is 5.89 Å². The number of rotatable bonds is 7. The second kappa shape index (κ2) is 9.96. The molecule has 0 saturated heterocycles. The summed E-state index contributed by atoms with van der Waals surface area (Å²) in [4.78, 5) is 21.7. The van der Waals surface area contributed by atoms with Crippen molar-refractivity contribution in [3.8, 4) is 28.8 Å². The molecular formula is C25H16ClN5O2S2. The van der Waals surface area contributed by atoms with Crippen LogP contribution in [-0.2, 0) is 4.79 Å². The number of Topliss-reactive ketones (excluding diaryl/α,β-unsaturated/α-hetero) is 1. The van der Waals surface area contributed by atoms with E-state index >= 15 is 0 Å². The number of benzene rings is 2. The number of carbonyl (C=O) groups excluding carboxylic acids is 1. The van der Waals surface area contributed by atoms with E-state index in [2.05, 4.69) is 15.2 Å². The number of hydrogen-bond acceptors (Lipinski definition) is 9. The second-order valence-electron chi connectivity index (χ2n) is 7.60. The van der Waals surface area contributed by atoms with E-state index in [1.54, 1.807) is 0 Å². The molecule has 3 heterocycles. The van der Waals surface area contributed by atoms with Gasteiger partial charge in [-0.15, -0.1) is 21.5 Å². The minimum Gasteiger partial charge on any atom is -0.411 e. The monoisotopic (exact) mass is 517 g/mol. The predicted molar refractivity (Wildman–Crippen MR) is 136 cm³/mol. The molecule has 10 heteroatoms. The first-order valence-electron chi connectivity index (χ1n) is 10.5. The van der Waals surface area contributed by atoms with Crippen LogP contribution in [0.4, 0.5) is 0 Å². The molecule has 7 nitrogen and oxygen atoms in total. The van der Waals surface area contributed by atoms with E-state index in [1.807, 2.05) is 73.0 Å². The molecule has 0 aliphatic carbocycles. The second-order valence-corrected chi connectivity index (χ2v) is 9.85. The molecule has 0 radical (unpaired) electrons. The molecule has 5 rings (SSSR count). The molecule has 0 aliphatic heterocycles. The molecule has 0 N–H and O–H groups in total. The molecule has 35 heavy (non-hydrogen) atoms. The van der Waals surface area contributed by atoms with Crippen molar-refractivity contribution in [1.82, 2.24) is 20.2 Å². The highest BCUT2D eigenvalue weighted by molar-refractivity contribution is 7.99. The molecule has 1 atom stereocenters. The number of nitriles is 1. The first kappa shape index (κ1) is 23.2. The third kappa shape index (κ3) is 4.95. The predicted octanol–water partition coefficient (Wildman–Crippen LogP) is 6.34. The Balaban J connectivity index is 1.41. The maximum Gasteiger partial charge on any atom is 0.277 e. The minimum atomic E-state index is -0.908. The van der Waals surface area contributed by atoms with E-state index < -0.39 is 5.92 Å². The van der Waals surface area contributed by atoms with E-state index in [9.17, 15) is 10.1 Å². The number of thiazole rings is 1. The zero-order valence-electron chi connectivity index (χ0n) is 18.3. The summed E-state index contributed by atoms with van der Waals surface area (Å²) in [7, 11) is 0. The number of ketones is 1. The van der Waals surface area contributed by atoms with Gasteiger partial charge < -0.3 is 4.42 Å². The van der Waals surface area contributed by atoms with Crippen LogP contribution in [-0.4, -0.2) is 31.7 Å². The topological polar surface area (TPSA) is 106 Å². The first-order valence-corrected chi connectivity index (χ1v) is 12.7. The molecule has 0 unspecified atom stereocenters. The largest absolute Gasteiger partial charge is 0.411 e. The van der Waals surface area contributed by atoms with Crippen LogP contribution in [0.15, 0.2) is 69.6 Å². The summed E-state index contributed by atoms with van der Waals surface area (Å²) in [6.45, 7) is 1.83. The van der Waals surface area contributed by atoms with E-state index in [1.165, 1.54) is 11.3 Å². The molecule has 0 fully saturated rings. The van der Waals surface area contributed by atoms with Gasteiger partial charge in [0, 0.05) is 27.0 Å². The van der Waals surface area contributed by atoms with Crippen LogP contribution in [0.1, 0.15) is 16.6 Å². The summed E-state index contributed by atoms with van der Waals surface area (Å²) < 4.78 is 5.91. The van der Waals surface area contributed by atoms with Gasteiger partial charge in [-0.2, -0.15) is 5.26 Å². The van der Waals surface area contributed by atoms with Crippen LogP contribution in [0, 0.1) is 18.3 Å². The average Bonchev–Trinajstić information content (AvgIpc) is 3.52. The Kier molecular flexibility index (Phi) is 6.59. The quantitative estimate of drug-likeness (QED) is 0.230. The number of pyridine rings is 1. The van der Waals surface area contributed by atoms with Gasteiger partial charge in [0.05, 0.1) is 28.6 Å². The summed E-state index contributed by atoms with van der Waals surface area (Å²) in [5, 5.41) is 21.9. The van der Waals surface area contributed by atoms with Crippen molar-refractivity contribution < 1.29 is 9.21 Å². The van der Waals surface area contributed by atoms with E-state index in [4.69, 9.17) is 21.0 Å². The zero-order chi connectivity index (χ0) is 24.4. The standard InChI is InChI=1S/C25H16ClN5O2S2/c1-14-12-34-24(28-14)19(11-27)22(32)13-35-25-31-30-23(33-25)18-10-21(15-6-8-16(26)9-7-15)29-20-5-3-2-4-17(18)20/h2-10,12,19H,13H2,1H3/t19-/m1/s1. The zero-order valence-corrected chi connectivity index (χ0v) is 20.7. The molecule has 0 saturated carbocycles. The third-order valence-corrected chi connectivity index (χ3v) is 7.29. The minimum absolute atomic E-state index is 0.0194. The fourth-order valence-electron chi connectivity index (χ4n) is 3.48. The lowest BCUT2D eigenvalue weighted by molar-refractivity contribution is -0.116. The molecule has 2 aromatic carbocycles. The van der Waals surface area contributed by atoms with Gasteiger partial charge in [0.25, 0.3) is 5.22 Å². The summed E-state index contributed by atoms with van der Waals surface area (Å²) in [6.07, 6.45) is 0. The number of hydrogen-bond donors (Lipinski definition) is 0. The van der Waals surface area contributed by atoms with Gasteiger partial charge in [-0.25, -0.2) is 9.97 Å². The lowest BCUT2D eigenvalue weighted by atomic mass is 10.0. The highest BCUT2D eigenvalue weighted by atomic mass is 35.5. The number of carbonyl (C=O) groups is 1. The van der Waals surface area contributed by atoms with Crippen LogP contribution < -0.4 is 0 Å². The number of nitrogens with zero attached hydrogens (tertiary/aromatic N) is 5. The first-order chi connectivity index (χ1) is 17.0. The van der Waals surface area contributed by atoms with E-state index in [-0.39, 0.29) is 16.8 Å². The number of para-hydroxylation sites is 1. The highest BCUT2D eigenvalue weighted by Crippen LogP contribution is 2.33. The van der Waals surface area contributed by atoms with Crippen molar-refractivity contribution >= 4 is 51.4 Å². The molecule has 172 valence electrons. The summed E-state index contributed by atoms with van der Waals surface area (Å²) in [6, 6.07) is 19.1. The van der Waals surface area contributed by atoms with Crippen LogP contribution in [0.2, 0.25) is 5.02 Å². The van der Waals surface area contributed by atoms with Gasteiger partial charge in [0.1, 0.15) is 5.01 Å². The van der Waals surface area contributed by atoms with Gasteiger partial charge >= 0.3 is 0 Å². The average molecular weight is 518 g/mol. The van der Waals surface area contributed by atoms with Crippen molar-refractivity contribution in [3.63, 3.8) is 0 Å². The van der Waals surface area contributed by atoms with Crippen LogP contribution in [0.25, 0.3) is 33.6 Å². The fraction of sp³-hybridized carbons (Fsp3) is 0.120. The normalized spacial score (nSPS) is 11.9. The van der Waals surface area contributed by atoms with Crippen molar-refractivity contribution in [2.24, 2.45) is 0 Å². The smallest absolute Gasteiger partial charge is 0.277 e. The molecule has 0 bridgehead atoms. The van der Waals surface area contributed by atoms with E-state index in [0.29, 0.717) is 15.9 Å². The molecule has 0 amide bonds. The van der Waals surface area contributed by atoms with Crippen LogP contribution in [0.5, 0.6) is 0 Å². The van der Waals surface area contributed by atoms with Gasteiger partial charge in [-0.3, -0.25) is 4.79 Å². The lowest BCUT2D eigenvalue weighted by Gasteiger charge is -2.07. The molecule has 0 spiro atoms. The molecule has 5 aromatic rings. The maximum absolute atomic E-state index is 12.7. The Morgan fingerprint density at radius 1 is 1.17 bits per heavy atom. The summed E-state index contributed by atoms with van der Waals surface area (Å²) in [5.74, 6) is -0.826.